The van der Waals surface area contributed by atoms with Crippen molar-refractivity contribution in [2.24, 2.45) is 0 Å². The van der Waals surface area contributed by atoms with Gasteiger partial charge in [0.1, 0.15) is 11.2 Å². The molecule has 0 amide bonds. The van der Waals surface area contributed by atoms with Crippen LogP contribution in [0.4, 0.5) is 0 Å². The van der Waals surface area contributed by atoms with Crippen LogP contribution >= 0.6 is 11.3 Å². The fourth-order valence-corrected chi connectivity index (χ4v) is 7.12. The van der Waals surface area contributed by atoms with E-state index in [9.17, 15) is 0 Å². The molecule has 0 N–H and O–H groups in total. The van der Waals surface area contributed by atoms with Crippen LogP contribution in [0.3, 0.4) is 0 Å². The molecule has 9 rings (SSSR count). The lowest BCUT2D eigenvalue weighted by molar-refractivity contribution is 0.669. The maximum Gasteiger partial charge on any atom is 0.136 e. The Morgan fingerprint density at radius 3 is 2.26 bits per heavy atom. The Balaban J connectivity index is 1.60. The molecule has 0 atom stereocenters. The number of benzene rings is 5. The van der Waals surface area contributed by atoms with E-state index in [4.69, 9.17) is 4.42 Å². The molecule has 35 heavy (non-hydrogen) atoms. The average molecular weight is 464 g/mol. The molecule has 0 saturated heterocycles. The van der Waals surface area contributed by atoms with Gasteiger partial charge in [0.25, 0.3) is 0 Å². The molecule has 0 bridgehead atoms. The van der Waals surface area contributed by atoms with Gasteiger partial charge in [-0.15, -0.1) is 11.3 Å². The SMILES string of the molecule is c1ccc2c(c1)cn1c3cc4c(cc3c3cc5c(cc3c21)sc1ccccc15)oc1ccccc14. The van der Waals surface area contributed by atoms with Gasteiger partial charge in [-0.3, -0.25) is 0 Å². The number of thiophene rings is 1. The van der Waals surface area contributed by atoms with Crippen molar-refractivity contribution in [1.82, 2.24) is 4.40 Å². The van der Waals surface area contributed by atoms with Crippen molar-refractivity contribution in [2.75, 3.05) is 0 Å². The lowest BCUT2D eigenvalue weighted by Crippen LogP contribution is -1.90. The predicted molar refractivity (Wildman–Crippen MR) is 150 cm³/mol. The summed E-state index contributed by atoms with van der Waals surface area (Å²) in [5.41, 5.74) is 4.35. The number of rotatable bonds is 0. The fraction of sp³-hybridized carbons (Fsp3) is 0. The summed E-state index contributed by atoms with van der Waals surface area (Å²) >= 11 is 1.88. The quantitative estimate of drug-likeness (QED) is 0.205. The fourth-order valence-electron chi connectivity index (χ4n) is 5.99. The molecule has 0 aliphatic rings. The first-order chi connectivity index (χ1) is 17.3. The lowest BCUT2D eigenvalue weighted by Gasteiger charge is -2.11. The Hall–Kier alpha value is -4.34. The minimum Gasteiger partial charge on any atom is -0.456 e. The highest BCUT2D eigenvalue weighted by Crippen LogP contribution is 2.43. The number of hydrogen-bond donors (Lipinski definition) is 0. The number of hydrogen-bond acceptors (Lipinski definition) is 2. The summed E-state index contributed by atoms with van der Waals surface area (Å²) in [6.45, 7) is 0. The van der Waals surface area contributed by atoms with Gasteiger partial charge >= 0.3 is 0 Å². The first kappa shape index (κ1) is 18.0. The van der Waals surface area contributed by atoms with E-state index >= 15 is 0 Å². The molecule has 0 aliphatic carbocycles. The molecule has 4 aromatic heterocycles. The summed E-state index contributed by atoms with van der Waals surface area (Å²) < 4.78 is 11.4. The molecule has 0 spiro atoms. The summed E-state index contributed by atoms with van der Waals surface area (Å²) in [5.74, 6) is 0. The third-order valence-electron chi connectivity index (χ3n) is 7.54. The molecule has 0 radical (unpaired) electrons. The Kier molecular flexibility index (Phi) is 3.20. The van der Waals surface area contributed by atoms with Crippen LogP contribution in [0.2, 0.25) is 0 Å². The summed E-state index contributed by atoms with van der Waals surface area (Å²) in [6, 6.07) is 35.2. The molecule has 9 aromatic rings. The summed E-state index contributed by atoms with van der Waals surface area (Å²) in [4.78, 5) is 0. The van der Waals surface area contributed by atoms with Crippen LogP contribution in [0.15, 0.2) is 108 Å². The van der Waals surface area contributed by atoms with Gasteiger partial charge in [-0.25, -0.2) is 0 Å². The number of para-hydroxylation sites is 1. The molecule has 0 unspecified atom stereocenters. The van der Waals surface area contributed by atoms with Crippen molar-refractivity contribution in [1.29, 1.82) is 0 Å². The number of aromatic nitrogens is 1. The molecule has 4 heterocycles. The van der Waals surface area contributed by atoms with Gasteiger partial charge in [-0.1, -0.05) is 60.7 Å². The van der Waals surface area contributed by atoms with Crippen molar-refractivity contribution >= 4 is 91.4 Å². The Labute approximate surface area is 203 Å². The zero-order chi connectivity index (χ0) is 22.7. The van der Waals surface area contributed by atoms with E-state index in [0.29, 0.717) is 0 Å². The average Bonchev–Trinajstić information content (AvgIpc) is 3.57. The smallest absolute Gasteiger partial charge is 0.136 e. The third kappa shape index (κ3) is 2.24. The number of fused-ring (bicyclic) bond motifs is 14. The molecular formula is C32H17NOS. The minimum atomic E-state index is 0.933. The van der Waals surface area contributed by atoms with Gasteiger partial charge < -0.3 is 8.82 Å². The molecule has 162 valence electrons. The normalized spacial score (nSPS) is 12.6. The minimum absolute atomic E-state index is 0.933. The number of furan rings is 1. The summed E-state index contributed by atoms with van der Waals surface area (Å²) in [7, 11) is 0. The van der Waals surface area contributed by atoms with Gasteiger partial charge in [-0.05, 0) is 41.8 Å². The van der Waals surface area contributed by atoms with Crippen LogP contribution < -0.4 is 0 Å². The van der Waals surface area contributed by atoms with Gasteiger partial charge in [0.05, 0.1) is 11.0 Å². The monoisotopic (exact) mass is 463 g/mol. The van der Waals surface area contributed by atoms with Crippen LogP contribution in [-0.2, 0) is 0 Å². The van der Waals surface area contributed by atoms with E-state index in [1.54, 1.807) is 0 Å². The molecule has 3 heteroatoms. The first-order valence-corrected chi connectivity index (χ1v) is 12.7. The zero-order valence-electron chi connectivity index (χ0n) is 18.6. The van der Waals surface area contributed by atoms with Crippen LogP contribution in [-0.4, -0.2) is 4.40 Å². The summed E-state index contributed by atoms with van der Waals surface area (Å²) in [6.07, 6.45) is 2.29. The van der Waals surface area contributed by atoms with Crippen molar-refractivity contribution in [3.05, 3.63) is 103 Å². The molecule has 0 aliphatic heterocycles. The predicted octanol–water partition coefficient (Wildman–Crippen LogP) is 9.67. The van der Waals surface area contributed by atoms with Crippen molar-refractivity contribution in [3.8, 4) is 0 Å². The maximum atomic E-state index is 6.32. The van der Waals surface area contributed by atoms with Gasteiger partial charge in [-0.2, -0.15) is 0 Å². The molecular weight excluding hydrogens is 446 g/mol. The van der Waals surface area contributed by atoms with E-state index in [1.165, 1.54) is 58.1 Å². The van der Waals surface area contributed by atoms with Gasteiger partial charge in [0.2, 0.25) is 0 Å². The number of nitrogens with zero attached hydrogens (tertiary/aromatic N) is 1. The highest BCUT2D eigenvalue weighted by molar-refractivity contribution is 7.25. The van der Waals surface area contributed by atoms with Crippen molar-refractivity contribution in [2.45, 2.75) is 0 Å². The molecule has 0 fully saturated rings. The van der Waals surface area contributed by atoms with Crippen LogP contribution in [0.5, 0.6) is 0 Å². The topological polar surface area (TPSA) is 17.6 Å². The molecule has 2 nitrogen and oxygen atoms in total. The van der Waals surface area contributed by atoms with Gasteiger partial charge in [0, 0.05) is 58.7 Å². The zero-order valence-corrected chi connectivity index (χ0v) is 19.4. The summed E-state index contributed by atoms with van der Waals surface area (Å²) in [5, 5.41) is 11.3. The van der Waals surface area contributed by atoms with Crippen LogP contribution in [0.25, 0.3) is 80.1 Å². The second-order valence-electron chi connectivity index (χ2n) is 9.39. The Bertz CT molecular complexity index is 2330. The highest BCUT2D eigenvalue weighted by Gasteiger charge is 2.17. The Morgan fingerprint density at radius 2 is 1.31 bits per heavy atom. The second-order valence-corrected chi connectivity index (χ2v) is 10.5. The molecule has 5 aromatic carbocycles. The van der Waals surface area contributed by atoms with E-state index in [0.717, 1.165) is 21.9 Å². The van der Waals surface area contributed by atoms with Crippen LogP contribution in [0, 0.1) is 0 Å². The van der Waals surface area contributed by atoms with Crippen molar-refractivity contribution < 1.29 is 4.42 Å². The van der Waals surface area contributed by atoms with Crippen LogP contribution in [0.1, 0.15) is 0 Å². The van der Waals surface area contributed by atoms with E-state index in [-0.39, 0.29) is 0 Å². The van der Waals surface area contributed by atoms with E-state index < -0.39 is 0 Å². The standard InChI is InChI=1S/C32H17NOS/c1-2-8-19-18(7-1)17-33-27-14-24-20-9-3-5-11-28(20)34-29(24)15-23(27)22-13-25-21-10-4-6-12-30(21)35-31(25)16-26(22)32(19)33/h1-17H. The first-order valence-electron chi connectivity index (χ1n) is 11.9. The Morgan fingerprint density at radius 1 is 0.514 bits per heavy atom. The second kappa shape index (κ2) is 6.21. The largest absolute Gasteiger partial charge is 0.456 e. The van der Waals surface area contributed by atoms with Crippen molar-refractivity contribution in [3.63, 3.8) is 0 Å². The highest BCUT2D eigenvalue weighted by atomic mass is 32.1. The molecule has 0 saturated carbocycles. The van der Waals surface area contributed by atoms with E-state index in [2.05, 4.69) is 102 Å². The number of pyridine rings is 1. The maximum absolute atomic E-state index is 6.32. The van der Waals surface area contributed by atoms with Gasteiger partial charge in [0.15, 0.2) is 0 Å². The lowest BCUT2D eigenvalue weighted by atomic mass is 9.99. The van der Waals surface area contributed by atoms with E-state index in [1.807, 2.05) is 17.4 Å². The third-order valence-corrected chi connectivity index (χ3v) is 8.68.